The van der Waals surface area contributed by atoms with E-state index in [9.17, 15) is 0 Å². The van der Waals surface area contributed by atoms with Gasteiger partial charge < -0.3 is 19.2 Å². The molecule has 232 valence electrons. The molecule has 0 spiro atoms. The number of hydrogen-bond donors (Lipinski definition) is 0. The number of rotatable bonds is 9. The van der Waals surface area contributed by atoms with Crippen molar-refractivity contribution in [2.75, 3.05) is 45.7 Å². The summed E-state index contributed by atoms with van der Waals surface area (Å²) in [7, 11) is 3.37. The van der Waals surface area contributed by atoms with Gasteiger partial charge in [0.15, 0.2) is 0 Å². The second-order valence-corrected chi connectivity index (χ2v) is 12.2. The quantitative estimate of drug-likeness (QED) is 0.155. The van der Waals surface area contributed by atoms with Gasteiger partial charge in [-0.25, -0.2) is 13.1 Å². The van der Waals surface area contributed by atoms with Crippen molar-refractivity contribution >= 4 is 15.9 Å². The number of allylic oxidation sites excluding steroid dienone is 1. The second-order valence-electron chi connectivity index (χ2n) is 11.7. The molecule has 2 saturated heterocycles. The number of methoxy groups -OCH3 is 2. The minimum Gasteiger partial charge on any atom is -0.497 e. The summed E-state index contributed by atoms with van der Waals surface area (Å²) in [6, 6.07) is 16.7. The molecule has 43 heavy (non-hydrogen) atoms. The summed E-state index contributed by atoms with van der Waals surface area (Å²) in [5, 5.41) is 0.924. The summed E-state index contributed by atoms with van der Waals surface area (Å²) >= 11 is 3.21. The van der Waals surface area contributed by atoms with Crippen molar-refractivity contribution in [2.24, 2.45) is 0 Å². The number of nitrogens with zero attached hydrogens (tertiary/aromatic N) is 4. The van der Waals surface area contributed by atoms with E-state index in [0.29, 0.717) is 0 Å². The summed E-state index contributed by atoms with van der Waals surface area (Å²) in [6.07, 6.45) is 4.76. The lowest BCUT2D eigenvalue weighted by Crippen LogP contribution is -2.42. The number of benzene rings is 2. The molecule has 2 aromatic rings. The third-order valence-corrected chi connectivity index (χ3v) is 8.71. The predicted molar refractivity (Wildman–Crippen MR) is 183 cm³/mol. The van der Waals surface area contributed by atoms with Crippen LogP contribution < -0.4 is 9.47 Å². The van der Waals surface area contributed by atoms with E-state index in [0.717, 1.165) is 93.8 Å². The SMILES string of the molecule is C=C(C)CBr.[C-]#[N+]C1(CC(=C)C)CCN(Cc2ccc(OC)cc2)CC1.[C-]#[N+]C1CCN(Cc2ccc(OC)cc2)CC1. The molecule has 0 amide bonds. The van der Waals surface area contributed by atoms with Gasteiger partial charge >= 0.3 is 0 Å². The standard InChI is InChI=1S/C18H24N2O.C14H18N2O.C4H7Br/c1-15(2)13-18(19-3)9-11-20(12-10-18)14-16-5-7-17(21-4)8-6-16;1-15-13-7-9-16(10-8-13)11-12-3-5-14(17-2)6-4-12;1-4(2)3-5/h5-8H,1,9-14H2,2,4H3;3-6,13H,7-11H2,2H3;1,3H2,2H3. The van der Waals surface area contributed by atoms with E-state index in [1.807, 2.05) is 38.1 Å². The Balaban J connectivity index is 0.000000264. The van der Waals surface area contributed by atoms with Gasteiger partial charge in [-0.05, 0) is 49.2 Å². The van der Waals surface area contributed by atoms with Crippen LogP contribution in [0.5, 0.6) is 11.5 Å². The Bertz CT molecular complexity index is 1200. The predicted octanol–water partition coefficient (Wildman–Crippen LogP) is 8.45. The molecule has 6 nitrogen and oxygen atoms in total. The number of ether oxygens (including phenoxy) is 2. The van der Waals surface area contributed by atoms with Crippen LogP contribution in [0.1, 0.15) is 57.1 Å². The Morgan fingerprint density at radius 1 is 0.814 bits per heavy atom. The molecule has 0 radical (unpaired) electrons. The summed E-state index contributed by atoms with van der Waals surface area (Å²) in [6.45, 7) is 32.1. The van der Waals surface area contributed by atoms with Crippen molar-refractivity contribution in [1.82, 2.24) is 9.80 Å². The monoisotopic (exact) mass is 648 g/mol. The number of piperidine rings is 2. The molecule has 0 bridgehead atoms. The lowest BCUT2D eigenvalue weighted by molar-refractivity contribution is 0.174. The number of hydrogen-bond acceptors (Lipinski definition) is 4. The second kappa shape index (κ2) is 19.2. The smallest absolute Gasteiger partial charge is 0.238 e. The molecular weight excluding hydrogens is 600 g/mol. The number of halogens is 1. The average molecular weight is 650 g/mol. The van der Waals surface area contributed by atoms with E-state index in [4.69, 9.17) is 22.6 Å². The Labute approximate surface area is 269 Å². The van der Waals surface area contributed by atoms with Crippen LogP contribution in [-0.2, 0) is 13.1 Å². The van der Waals surface area contributed by atoms with Crippen LogP contribution in [0.3, 0.4) is 0 Å². The molecule has 0 atom stereocenters. The molecule has 4 rings (SSSR count). The molecule has 0 unspecified atom stereocenters. The molecule has 2 heterocycles. The highest BCUT2D eigenvalue weighted by Gasteiger charge is 2.40. The lowest BCUT2D eigenvalue weighted by atomic mass is 9.83. The Hall–Kier alpha value is -3.10. The highest BCUT2D eigenvalue weighted by Crippen LogP contribution is 2.33. The van der Waals surface area contributed by atoms with E-state index in [-0.39, 0.29) is 11.6 Å². The van der Waals surface area contributed by atoms with Crippen LogP contribution in [0.4, 0.5) is 0 Å². The topological polar surface area (TPSA) is 33.7 Å². The van der Waals surface area contributed by atoms with E-state index in [1.54, 1.807) is 14.2 Å². The van der Waals surface area contributed by atoms with Crippen LogP contribution in [0, 0.1) is 13.1 Å². The van der Waals surface area contributed by atoms with Gasteiger partial charge in [0, 0.05) is 76.7 Å². The molecule has 2 aliphatic rings. The van der Waals surface area contributed by atoms with Crippen molar-refractivity contribution in [1.29, 1.82) is 0 Å². The third kappa shape index (κ3) is 13.4. The van der Waals surface area contributed by atoms with Crippen LogP contribution >= 0.6 is 15.9 Å². The largest absolute Gasteiger partial charge is 0.497 e. The highest BCUT2D eigenvalue weighted by atomic mass is 79.9. The minimum atomic E-state index is -0.206. The van der Waals surface area contributed by atoms with Gasteiger partial charge in [-0.15, -0.1) is 0 Å². The lowest BCUT2D eigenvalue weighted by Gasteiger charge is -2.34. The Morgan fingerprint density at radius 2 is 1.23 bits per heavy atom. The third-order valence-electron chi connectivity index (χ3n) is 7.75. The highest BCUT2D eigenvalue weighted by molar-refractivity contribution is 9.09. The van der Waals surface area contributed by atoms with Crippen LogP contribution in [-0.4, -0.2) is 67.1 Å². The van der Waals surface area contributed by atoms with Crippen molar-refractivity contribution in [3.05, 3.63) is 107 Å². The Kier molecular flexibility index (Phi) is 16.1. The van der Waals surface area contributed by atoms with Crippen LogP contribution in [0.25, 0.3) is 9.69 Å². The molecule has 7 heteroatoms. The molecule has 0 saturated carbocycles. The summed E-state index contributed by atoms with van der Waals surface area (Å²) in [5.74, 6) is 1.80. The van der Waals surface area contributed by atoms with Crippen molar-refractivity contribution in [2.45, 2.75) is 70.6 Å². The van der Waals surface area contributed by atoms with Crippen molar-refractivity contribution in [3.8, 4) is 11.5 Å². The minimum absolute atomic E-state index is 0.206. The summed E-state index contributed by atoms with van der Waals surface area (Å²) in [4.78, 5) is 12.4. The van der Waals surface area contributed by atoms with E-state index in [2.05, 4.69) is 72.8 Å². The maximum absolute atomic E-state index is 7.52. The first kappa shape index (κ1) is 36.1. The van der Waals surface area contributed by atoms with E-state index in [1.165, 1.54) is 16.7 Å². The van der Waals surface area contributed by atoms with Crippen molar-refractivity contribution < 1.29 is 9.47 Å². The van der Waals surface area contributed by atoms with Gasteiger partial charge in [0.25, 0.3) is 0 Å². The van der Waals surface area contributed by atoms with E-state index >= 15 is 0 Å². The molecule has 0 aliphatic carbocycles. The normalized spacial score (nSPS) is 16.6. The van der Waals surface area contributed by atoms with Gasteiger partial charge in [-0.3, -0.25) is 9.80 Å². The zero-order valence-corrected chi connectivity index (χ0v) is 28.2. The zero-order chi connectivity index (χ0) is 31.7. The fourth-order valence-electron chi connectivity index (χ4n) is 5.20. The summed E-state index contributed by atoms with van der Waals surface area (Å²) in [5.41, 5.74) is 4.69. The molecule has 0 N–H and O–H groups in total. The maximum Gasteiger partial charge on any atom is 0.238 e. The molecule has 2 aliphatic heterocycles. The van der Waals surface area contributed by atoms with Gasteiger partial charge in [-0.1, -0.05) is 64.5 Å². The first-order valence-electron chi connectivity index (χ1n) is 15.0. The van der Waals surface area contributed by atoms with Gasteiger partial charge in [0.1, 0.15) is 11.5 Å². The van der Waals surface area contributed by atoms with Gasteiger partial charge in [0.2, 0.25) is 11.6 Å². The van der Waals surface area contributed by atoms with E-state index < -0.39 is 0 Å². The fourth-order valence-corrected chi connectivity index (χ4v) is 5.20. The van der Waals surface area contributed by atoms with Gasteiger partial charge in [0.05, 0.1) is 14.2 Å². The Morgan fingerprint density at radius 3 is 1.56 bits per heavy atom. The average Bonchev–Trinajstić information content (AvgIpc) is 3.03. The molecular formula is C36H49BrN4O2. The fraction of sp³-hybridized carbons (Fsp3) is 0.500. The molecule has 0 aromatic heterocycles. The van der Waals surface area contributed by atoms with Gasteiger partial charge in [-0.2, -0.15) is 0 Å². The molecule has 2 fully saturated rings. The number of likely N-dealkylation sites (tertiary alicyclic amines) is 2. The van der Waals surface area contributed by atoms with Crippen LogP contribution in [0.2, 0.25) is 0 Å². The summed E-state index contributed by atoms with van der Waals surface area (Å²) < 4.78 is 10.3. The van der Waals surface area contributed by atoms with Crippen LogP contribution in [0.15, 0.2) is 72.8 Å². The zero-order valence-electron chi connectivity index (χ0n) is 26.6. The molecule has 2 aromatic carbocycles. The maximum atomic E-state index is 7.52. The number of alkyl halides is 1. The van der Waals surface area contributed by atoms with Crippen molar-refractivity contribution in [3.63, 3.8) is 0 Å². The first-order chi connectivity index (χ1) is 20.6. The first-order valence-corrected chi connectivity index (χ1v) is 16.1.